The molecule has 0 aliphatic carbocycles. The molecule has 2 atom stereocenters. The van der Waals surface area contributed by atoms with Gasteiger partial charge in [-0.3, -0.25) is 10.1 Å². The number of nitrogens with one attached hydrogen (secondary N) is 1. The van der Waals surface area contributed by atoms with E-state index in [0.717, 1.165) is 0 Å². The summed E-state index contributed by atoms with van der Waals surface area (Å²) in [6, 6.07) is 14.3. The fraction of sp³-hybridized carbons (Fsp3) is 0.312. The highest BCUT2D eigenvalue weighted by molar-refractivity contribution is 5.86. The maximum Gasteiger partial charge on any atom is 0.234 e. The van der Waals surface area contributed by atoms with Gasteiger partial charge in [-0.05, 0) is 29.7 Å². The molecular weight excluding hydrogens is 236 g/mol. The fourth-order valence-corrected chi connectivity index (χ4v) is 2.42. The highest BCUT2D eigenvalue weighted by Crippen LogP contribution is 2.24. The van der Waals surface area contributed by atoms with Gasteiger partial charge in [-0.2, -0.15) is 0 Å². The molecule has 19 heavy (non-hydrogen) atoms. The fourth-order valence-electron chi connectivity index (χ4n) is 2.42. The van der Waals surface area contributed by atoms with Crippen LogP contribution in [0.2, 0.25) is 0 Å². The van der Waals surface area contributed by atoms with E-state index in [2.05, 4.69) is 36.5 Å². The first kappa shape index (κ1) is 13.6. The van der Waals surface area contributed by atoms with E-state index in [1.54, 1.807) is 0 Å². The highest BCUT2D eigenvalue weighted by Gasteiger charge is 2.17. The lowest BCUT2D eigenvalue weighted by molar-refractivity contribution is -0.120. The molecule has 1 amide bonds. The first-order chi connectivity index (χ1) is 9.13. The third-order valence-electron chi connectivity index (χ3n) is 3.49. The summed E-state index contributed by atoms with van der Waals surface area (Å²) in [7, 11) is 0. The van der Waals surface area contributed by atoms with Crippen molar-refractivity contribution in [3.05, 3.63) is 48.0 Å². The zero-order valence-electron chi connectivity index (χ0n) is 11.4. The van der Waals surface area contributed by atoms with Crippen molar-refractivity contribution in [2.75, 3.05) is 0 Å². The van der Waals surface area contributed by atoms with Crippen LogP contribution in [0.3, 0.4) is 0 Å². The standard InChI is InChI=1S/C16H20N2O/c1-3-15(16(17)19)18-11(2)13-10-6-8-12-7-4-5-9-14(12)13/h4-11,15,18H,3H2,1-2H3,(H2,17,19)/t11-,15+/m0/s1. The third kappa shape index (κ3) is 2.93. The van der Waals surface area contributed by atoms with Crippen molar-refractivity contribution in [1.29, 1.82) is 0 Å². The van der Waals surface area contributed by atoms with Crippen LogP contribution in [-0.2, 0) is 4.79 Å². The molecule has 0 aliphatic rings. The summed E-state index contributed by atoms with van der Waals surface area (Å²) >= 11 is 0. The van der Waals surface area contributed by atoms with Crippen LogP contribution in [-0.4, -0.2) is 11.9 Å². The zero-order chi connectivity index (χ0) is 13.8. The molecule has 0 radical (unpaired) electrons. The molecule has 100 valence electrons. The Morgan fingerprint density at radius 1 is 1.21 bits per heavy atom. The summed E-state index contributed by atoms with van der Waals surface area (Å²) in [6.45, 7) is 4.02. The smallest absolute Gasteiger partial charge is 0.234 e. The number of carbonyl (C=O) groups is 1. The van der Waals surface area contributed by atoms with E-state index in [1.807, 2.05) is 25.1 Å². The lowest BCUT2D eigenvalue weighted by Gasteiger charge is -2.21. The molecule has 3 heteroatoms. The maximum absolute atomic E-state index is 11.3. The van der Waals surface area contributed by atoms with E-state index in [4.69, 9.17) is 5.73 Å². The van der Waals surface area contributed by atoms with Crippen molar-refractivity contribution in [3.63, 3.8) is 0 Å². The van der Waals surface area contributed by atoms with Crippen LogP contribution in [0.1, 0.15) is 31.9 Å². The minimum absolute atomic E-state index is 0.0866. The largest absolute Gasteiger partial charge is 0.368 e. The van der Waals surface area contributed by atoms with Crippen molar-refractivity contribution in [2.24, 2.45) is 5.73 Å². The summed E-state index contributed by atoms with van der Waals surface area (Å²) in [5.41, 5.74) is 6.58. The number of hydrogen-bond acceptors (Lipinski definition) is 2. The molecule has 0 heterocycles. The monoisotopic (exact) mass is 256 g/mol. The Bertz CT molecular complexity index is 574. The molecule has 2 aromatic carbocycles. The van der Waals surface area contributed by atoms with Crippen LogP contribution in [0, 0.1) is 0 Å². The number of carbonyl (C=O) groups excluding carboxylic acids is 1. The molecule has 2 aromatic rings. The summed E-state index contributed by atoms with van der Waals surface area (Å²) < 4.78 is 0. The Morgan fingerprint density at radius 3 is 2.58 bits per heavy atom. The summed E-state index contributed by atoms with van der Waals surface area (Å²) in [6.07, 6.45) is 0.699. The zero-order valence-corrected chi connectivity index (χ0v) is 11.4. The van der Waals surface area contributed by atoms with Crippen LogP contribution >= 0.6 is 0 Å². The molecule has 2 rings (SSSR count). The summed E-state index contributed by atoms with van der Waals surface area (Å²) in [4.78, 5) is 11.3. The molecule has 3 N–H and O–H groups in total. The van der Waals surface area contributed by atoms with E-state index in [1.165, 1.54) is 16.3 Å². The normalized spacial score (nSPS) is 14.2. The van der Waals surface area contributed by atoms with Crippen molar-refractivity contribution >= 4 is 16.7 Å². The average molecular weight is 256 g/mol. The van der Waals surface area contributed by atoms with Crippen molar-refractivity contribution in [3.8, 4) is 0 Å². The second-order valence-corrected chi connectivity index (χ2v) is 4.82. The van der Waals surface area contributed by atoms with Gasteiger partial charge in [0.2, 0.25) is 5.91 Å². The molecule has 3 nitrogen and oxygen atoms in total. The number of amides is 1. The van der Waals surface area contributed by atoms with E-state index < -0.39 is 0 Å². The Morgan fingerprint density at radius 2 is 1.89 bits per heavy atom. The molecule has 0 bridgehead atoms. The van der Waals surface area contributed by atoms with E-state index >= 15 is 0 Å². The van der Waals surface area contributed by atoms with Crippen LogP contribution < -0.4 is 11.1 Å². The Hall–Kier alpha value is -1.87. The van der Waals surface area contributed by atoms with E-state index in [0.29, 0.717) is 6.42 Å². The molecule has 0 aromatic heterocycles. The average Bonchev–Trinajstić information content (AvgIpc) is 2.43. The SMILES string of the molecule is CC[C@@H](N[C@@H](C)c1cccc2ccccc12)C(N)=O. The quantitative estimate of drug-likeness (QED) is 0.864. The van der Waals surface area contributed by atoms with Gasteiger partial charge in [0, 0.05) is 6.04 Å². The Kier molecular flexibility index (Phi) is 4.17. The van der Waals surface area contributed by atoms with Gasteiger partial charge in [0.1, 0.15) is 0 Å². The van der Waals surface area contributed by atoms with Gasteiger partial charge in [-0.1, -0.05) is 49.4 Å². The lowest BCUT2D eigenvalue weighted by atomic mass is 9.99. The molecule has 0 fully saturated rings. The molecule has 0 spiro atoms. The summed E-state index contributed by atoms with van der Waals surface area (Å²) in [5.74, 6) is -0.297. The van der Waals surface area contributed by atoms with Crippen LogP contribution in [0.4, 0.5) is 0 Å². The lowest BCUT2D eigenvalue weighted by Crippen LogP contribution is -2.41. The van der Waals surface area contributed by atoms with Crippen molar-refractivity contribution < 1.29 is 4.79 Å². The van der Waals surface area contributed by atoms with E-state index in [9.17, 15) is 4.79 Å². The van der Waals surface area contributed by atoms with Gasteiger partial charge < -0.3 is 5.73 Å². The van der Waals surface area contributed by atoms with Gasteiger partial charge >= 0.3 is 0 Å². The van der Waals surface area contributed by atoms with Crippen LogP contribution in [0.25, 0.3) is 10.8 Å². The third-order valence-corrected chi connectivity index (χ3v) is 3.49. The second-order valence-electron chi connectivity index (χ2n) is 4.82. The molecule has 0 saturated heterocycles. The number of hydrogen-bond donors (Lipinski definition) is 2. The van der Waals surface area contributed by atoms with Gasteiger partial charge in [-0.25, -0.2) is 0 Å². The predicted molar refractivity (Wildman–Crippen MR) is 78.8 cm³/mol. The topological polar surface area (TPSA) is 55.1 Å². The number of fused-ring (bicyclic) bond motifs is 1. The number of primary amides is 1. The number of benzene rings is 2. The predicted octanol–water partition coefficient (Wildman–Crippen LogP) is 2.75. The van der Waals surface area contributed by atoms with Crippen molar-refractivity contribution in [1.82, 2.24) is 5.32 Å². The highest BCUT2D eigenvalue weighted by atomic mass is 16.1. The Balaban J connectivity index is 2.31. The van der Waals surface area contributed by atoms with Gasteiger partial charge in [0.05, 0.1) is 6.04 Å². The van der Waals surface area contributed by atoms with Gasteiger partial charge in [-0.15, -0.1) is 0 Å². The first-order valence-electron chi connectivity index (χ1n) is 6.66. The number of rotatable bonds is 5. The second kappa shape index (κ2) is 5.85. The van der Waals surface area contributed by atoms with Crippen LogP contribution in [0.5, 0.6) is 0 Å². The molecule has 0 aliphatic heterocycles. The minimum atomic E-state index is -0.297. The van der Waals surface area contributed by atoms with Gasteiger partial charge in [0.25, 0.3) is 0 Å². The Labute approximate surface area is 113 Å². The first-order valence-corrected chi connectivity index (χ1v) is 6.66. The minimum Gasteiger partial charge on any atom is -0.368 e. The molecule has 0 saturated carbocycles. The number of nitrogens with two attached hydrogens (primary N) is 1. The maximum atomic E-state index is 11.3. The van der Waals surface area contributed by atoms with Gasteiger partial charge in [0.15, 0.2) is 0 Å². The van der Waals surface area contributed by atoms with Crippen molar-refractivity contribution in [2.45, 2.75) is 32.4 Å². The van der Waals surface area contributed by atoms with E-state index in [-0.39, 0.29) is 18.0 Å². The summed E-state index contributed by atoms with van der Waals surface area (Å²) in [5, 5.41) is 5.72. The van der Waals surface area contributed by atoms with Crippen LogP contribution in [0.15, 0.2) is 42.5 Å². The molecule has 0 unspecified atom stereocenters. The molecular formula is C16H20N2O.